The SMILES string of the molecule is CCOC(=O)C1CCN(C(=O)c2ccc(OC)c([N+](=O)[O-])c2)CC1. The Hall–Kier alpha value is -2.64. The molecule has 1 aliphatic rings. The van der Waals surface area contributed by atoms with Gasteiger partial charge in [-0.15, -0.1) is 0 Å². The van der Waals surface area contributed by atoms with Crippen molar-refractivity contribution < 1.29 is 24.0 Å². The number of benzene rings is 1. The highest BCUT2D eigenvalue weighted by Crippen LogP contribution is 2.29. The maximum Gasteiger partial charge on any atom is 0.311 e. The van der Waals surface area contributed by atoms with Gasteiger partial charge in [0.1, 0.15) is 0 Å². The van der Waals surface area contributed by atoms with E-state index >= 15 is 0 Å². The number of carbonyl (C=O) groups is 2. The second kappa shape index (κ2) is 7.76. The predicted molar refractivity (Wildman–Crippen MR) is 84.9 cm³/mol. The Bertz CT molecular complexity index is 637. The molecular weight excluding hydrogens is 316 g/mol. The number of piperidine rings is 1. The zero-order valence-corrected chi connectivity index (χ0v) is 13.7. The topological polar surface area (TPSA) is 99.0 Å². The first-order chi connectivity index (χ1) is 11.5. The Morgan fingerprint density at radius 2 is 2.00 bits per heavy atom. The van der Waals surface area contributed by atoms with Crippen molar-refractivity contribution in [2.45, 2.75) is 19.8 Å². The Labute approximate surface area is 139 Å². The predicted octanol–water partition coefficient (Wildman–Crippen LogP) is 2.02. The molecule has 0 aliphatic carbocycles. The zero-order valence-electron chi connectivity index (χ0n) is 13.7. The summed E-state index contributed by atoms with van der Waals surface area (Å²) in [5.74, 6) is -0.607. The lowest BCUT2D eigenvalue weighted by Gasteiger charge is -2.30. The van der Waals surface area contributed by atoms with Gasteiger partial charge in [-0.1, -0.05) is 0 Å². The van der Waals surface area contributed by atoms with Crippen molar-refractivity contribution in [2.75, 3.05) is 26.8 Å². The van der Waals surface area contributed by atoms with E-state index in [4.69, 9.17) is 9.47 Å². The van der Waals surface area contributed by atoms with Crippen molar-refractivity contribution in [2.24, 2.45) is 5.92 Å². The summed E-state index contributed by atoms with van der Waals surface area (Å²) in [5, 5.41) is 11.1. The van der Waals surface area contributed by atoms with Crippen LogP contribution in [0.3, 0.4) is 0 Å². The minimum absolute atomic E-state index is 0.109. The summed E-state index contributed by atoms with van der Waals surface area (Å²) in [6, 6.07) is 4.14. The van der Waals surface area contributed by atoms with E-state index in [1.54, 1.807) is 11.8 Å². The Balaban J connectivity index is 2.07. The number of likely N-dealkylation sites (tertiary alicyclic amines) is 1. The number of rotatable bonds is 5. The number of nitro benzene ring substituents is 1. The lowest BCUT2D eigenvalue weighted by atomic mass is 9.96. The van der Waals surface area contributed by atoms with Crippen molar-refractivity contribution >= 4 is 17.6 Å². The maximum atomic E-state index is 12.5. The summed E-state index contributed by atoms with van der Waals surface area (Å²) < 4.78 is 9.93. The van der Waals surface area contributed by atoms with Gasteiger partial charge in [0.25, 0.3) is 5.91 Å². The average molecular weight is 336 g/mol. The number of esters is 1. The van der Waals surface area contributed by atoms with Crippen LogP contribution in [0.1, 0.15) is 30.1 Å². The fraction of sp³-hybridized carbons (Fsp3) is 0.500. The van der Waals surface area contributed by atoms with Crippen LogP contribution >= 0.6 is 0 Å². The molecule has 1 aromatic rings. The van der Waals surface area contributed by atoms with Gasteiger partial charge in [-0.2, -0.15) is 0 Å². The number of hydrogen-bond acceptors (Lipinski definition) is 6. The highest BCUT2D eigenvalue weighted by Gasteiger charge is 2.29. The molecule has 0 N–H and O–H groups in total. The monoisotopic (exact) mass is 336 g/mol. The Kier molecular flexibility index (Phi) is 5.73. The molecule has 1 aromatic carbocycles. The van der Waals surface area contributed by atoms with E-state index in [0.717, 1.165) is 0 Å². The second-order valence-corrected chi connectivity index (χ2v) is 5.46. The van der Waals surface area contributed by atoms with Crippen LogP contribution in [0.5, 0.6) is 5.75 Å². The number of hydrogen-bond donors (Lipinski definition) is 0. The van der Waals surface area contributed by atoms with Gasteiger partial charge >= 0.3 is 11.7 Å². The number of methoxy groups -OCH3 is 1. The van der Waals surface area contributed by atoms with E-state index in [2.05, 4.69) is 0 Å². The molecule has 1 amide bonds. The lowest BCUT2D eigenvalue weighted by molar-refractivity contribution is -0.385. The first kappa shape index (κ1) is 17.7. The molecule has 0 aromatic heterocycles. The molecular formula is C16H20N2O6. The lowest BCUT2D eigenvalue weighted by Crippen LogP contribution is -2.40. The van der Waals surface area contributed by atoms with Crippen LogP contribution < -0.4 is 4.74 Å². The largest absolute Gasteiger partial charge is 0.490 e. The smallest absolute Gasteiger partial charge is 0.311 e. The summed E-state index contributed by atoms with van der Waals surface area (Å²) in [6.07, 6.45) is 1.06. The van der Waals surface area contributed by atoms with Crippen molar-refractivity contribution in [3.63, 3.8) is 0 Å². The number of nitrogens with zero attached hydrogens (tertiary/aromatic N) is 2. The van der Waals surface area contributed by atoms with Gasteiger partial charge in [0, 0.05) is 24.7 Å². The van der Waals surface area contributed by atoms with Gasteiger partial charge < -0.3 is 14.4 Å². The van der Waals surface area contributed by atoms with Crippen LogP contribution in [0.15, 0.2) is 18.2 Å². The summed E-state index contributed by atoms with van der Waals surface area (Å²) in [5.41, 5.74) is -0.0122. The molecule has 8 heteroatoms. The Morgan fingerprint density at radius 3 is 2.54 bits per heavy atom. The van der Waals surface area contributed by atoms with Gasteiger partial charge in [-0.3, -0.25) is 19.7 Å². The van der Waals surface area contributed by atoms with E-state index in [0.29, 0.717) is 32.5 Å². The van der Waals surface area contributed by atoms with Crippen LogP contribution in [0.4, 0.5) is 5.69 Å². The maximum absolute atomic E-state index is 12.5. The molecule has 8 nitrogen and oxygen atoms in total. The summed E-state index contributed by atoms with van der Waals surface area (Å²) >= 11 is 0. The molecule has 130 valence electrons. The van der Waals surface area contributed by atoms with Crippen LogP contribution in [0.25, 0.3) is 0 Å². The van der Waals surface area contributed by atoms with E-state index in [1.165, 1.54) is 25.3 Å². The van der Waals surface area contributed by atoms with E-state index < -0.39 is 4.92 Å². The first-order valence-electron chi connectivity index (χ1n) is 7.76. The minimum Gasteiger partial charge on any atom is -0.490 e. The highest BCUT2D eigenvalue weighted by molar-refractivity contribution is 5.95. The summed E-state index contributed by atoms with van der Waals surface area (Å²) in [7, 11) is 1.34. The third-order valence-corrected chi connectivity index (χ3v) is 4.02. The quantitative estimate of drug-likeness (QED) is 0.463. The summed E-state index contributed by atoms with van der Waals surface area (Å²) in [4.78, 5) is 36.3. The number of carbonyl (C=O) groups excluding carboxylic acids is 2. The molecule has 24 heavy (non-hydrogen) atoms. The van der Waals surface area contributed by atoms with E-state index in [9.17, 15) is 19.7 Å². The Morgan fingerprint density at radius 1 is 1.33 bits per heavy atom. The average Bonchev–Trinajstić information content (AvgIpc) is 2.60. The molecule has 1 fully saturated rings. The van der Waals surface area contributed by atoms with Gasteiger partial charge in [0.15, 0.2) is 5.75 Å². The molecule has 0 unspecified atom stereocenters. The molecule has 0 saturated carbocycles. The molecule has 0 bridgehead atoms. The molecule has 0 spiro atoms. The van der Waals surface area contributed by atoms with Crippen LogP contribution in [0.2, 0.25) is 0 Å². The zero-order chi connectivity index (χ0) is 17.7. The fourth-order valence-corrected chi connectivity index (χ4v) is 2.73. The third kappa shape index (κ3) is 3.81. The minimum atomic E-state index is -0.581. The molecule has 0 radical (unpaired) electrons. The van der Waals surface area contributed by atoms with Crippen molar-refractivity contribution in [3.8, 4) is 5.75 Å². The summed E-state index contributed by atoms with van der Waals surface area (Å²) in [6.45, 7) is 2.94. The van der Waals surface area contributed by atoms with Crippen LogP contribution in [-0.4, -0.2) is 48.5 Å². The third-order valence-electron chi connectivity index (χ3n) is 4.02. The number of nitro groups is 1. The fourth-order valence-electron chi connectivity index (χ4n) is 2.73. The normalized spacial score (nSPS) is 15.0. The molecule has 1 heterocycles. The van der Waals surface area contributed by atoms with Gasteiger partial charge in [0.2, 0.25) is 0 Å². The van der Waals surface area contributed by atoms with Crippen LogP contribution in [0, 0.1) is 16.0 Å². The van der Waals surface area contributed by atoms with E-state index in [-0.39, 0.29) is 34.8 Å². The van der Waals surface area contributed by atoms with Gasteiger partial charge in [0.05, 0.1) is 24.6 Å². The highest BCUT2D eigenvalue weighted by atomic mass is 16.6. The molecule has 0 atom stereocenters. The van der Waals surface area contributed by atoms with Crippen LogP contribution in [-0.2, 0) is 9.53 Å². The molecule has 1 saturated heterocycles. The standard InChI is InChI=1S/C16H20N2O6/c1-3-24-16(20)11-6-8-17(9-7-11)15(19)12-4-5-14(23-2)13(10-12)18(21)22/h4-5,10-11H,3,6-9H2,1-2H3. The van der Waals surface area contributed by atoms with Gasteiger partial charge in [-0.05, 0) is 31.9 Å². The number of amides is 1. The molecule has 2 rings (SSSR count). The van der Waals surface area contributed by atoms with E-state index in [1.807, 2.05) is 0 Å². The van der Waals surface area contributed by atoms with Crippen molar-refractivity contribution in [1.29, 1.82) is 0 Å². The second-order valence-electron chi connectivity index (χ2n) is 5.46. The number of ether oxygens (including phenoxy) is 2. The van der Waals surface area contributed by atoms with Gasteiger partial charge in [-0.25, -0.2) is 0 Å². The van der Waals surface area contributed by atoms with Crippen molar-refractivity contribution in [1.82, 2.24) is 4.90 Å². The van der Waals surface area contributed by atoms with Crippen molar-refractivity contribution in [3.05, 3.63) is 33.9 Å². The molecule has 1 aliphatic heterocycles. The first-order valence-corrected chi connectivity index (χ1v) is 7.76.